The van der Waals surface area contributed by atoms with Crippen LogP contribution in [0.25, 0.3) is 5.95 Å². The van der Waals surface area contributed by atoms with Crippen molar-refractivity contribution in [3.63, 3.8) is 0 Å². The summed E-state index contributed by atoms with van der Waals surface area (Å²) in [6.07, 6.45) is 7.98. The van der Waals surface area contributed by atoms with E-state index in [1.807, 2.05) is 6.20 Å². The Hall–Kier alpha value is -2.28. The molecule has 0 aromatic carbocycles. The van der Waals surface area contributed by atoms with Crippen molar-refractivity contribution < 1.29 is 0 Å². The Morgan fingerprint density at radius 1 is 1.30 bits per heavy atom. The molecule has 6 nitrogen and oxygen atoms in total. The number of nitrogens with one attached hydrogen (secondary N) is 1. The molecule has 0 aliphatic rings. The van der Waals surface area contributed by atoms with Gasteiger partial charge in [-0.2, -0.15) is 5.10 Å². The molecule has 0 fully saturated rings. The van der Waals surface area contributed by atoms with E-state index in [2.05, 4.69) is 37.7 Å². The lowest BCUT2D eigenvalue weighted by Gasteiger charge is -2.00. The van der Waals surface area contributed by atoms with Gasteiger partial charge in [0, 0.05) is 17.8 Å². The minimum absolute atomic E-state index is 0.558. The number of anilines is 1. The molecule has 0 spiro atoms. The van der Waals surface area contributed by atoms with Crippen LogP contribution in [0, 0.1) is 0 Å². The van der Waals surface area contributed by atoms with Crippen LogP contribution in [0.1, 0.15) is 17.6 Å². The predicted octanol–water partition coefficient (Wildman–Crippen LogP) is 2.29. The van der Waals surface area contributed by atoms with Crippen molar-refractivity contribution in [2.45, 2.75) is 19.9 Å². The molecule has 20 heavy (non-hydrogen) atoms. The van der Waals surface area contributed by atoms with Gasteiger partial charge in [0.05, 0.1) is 35.3 Å². The molecular formula is C13H14N6S. The normalized spacial score (nSPS) is 10.7. The summed E-state index contributed by atoms with van der Waals surface area (Å²) in [5.41, 5.74) is 1.97. The van der Waals surface area contributed by atoms with E-state index in [0.29, 0.717) is 12.5 Å². The maximum atomic E-state index is 4.51. The lowest BCUT2D eigenvalue weighted by atomic mass is 10.4. The maximum Gasteiger partial charge on any atom is 0.250 e. The summed E-state index contributed by atoms with van der Waals surface area (Å²) >= 11 is 1.69. The molecule has 0 aliphatic heterocycles. The second-order valence-electron chi connectivity index (χ2n) is 4.16. The van der Waals surface area contributed by atoms with Gasteiger partial charge in [0.25, 0.3) is 0 Å². The van der Waals surface area contributed by atoms with Gasteiger partial charge in [0.1, 0.15) is 0 Å². The van der Waals surface area contributed by atoms with Gasteiger partial charge in [-0.25, -0.2) is 19.6 Å². The first-order valence-electron chi connectivity index (χ1n) is 6.34. The number of aryl methyl sites for hydroxylation is 1. The van der Waals surface area contributed by atoms with Crippen LogP contribution in [0.3, 0.4) is 0 Å². The minimum atomic E-state index is 0.558. The molecule has 0 aliphatic carbocycles. The van der Waals surface area contributed by atoms with Gasteiger partial charge in [-0.15, -0.1) is 11.3 Å². The molecule has 3 heterocycles. The lowest BCUT2D eigenvalue weighted by Crippen LogP contribution is -2.01. The monoisotopic (exact) mass is 286 g/mol. The summed E-state index contributed by atoms with van der Waals surface area (Å²) < 4.78 is 1.64. The first kappa shape index (κ1) is 12.7. The number of rotatable bonds is 5. The fourth-order valence-corrected chi connectivity index (χ4v) is 2.46. The van der Waals surface area contributed by atoms with Crippen LogP contribution in [0.15, 0.2) is 36.2 Å². The molecular weight excluding hydrogens is 272 g/mol. The van der Waals surface area contributed by atoms with E-state index in [1.165, 1.54) is 0 Å². The average Bonchev–Trinajstić information content (AvgIpc) is 3.15. The third-order valence-corrected chi connectivity index (χ3v) is 3.76. The van der Waals surface area contributed by atoms with E-state index in [-0.39, 0.29) is 0 Å². The van der Waals surface area contributed by atoms with Crippen LogP contribution in [0.4, 0.5) is 5.69 Å². The highest BCUT2D eigenvalue weighted by Gasteiger charge is 2.04. The van der Waals surface area contributed by atoms with Crippen LogP contribution in [-0.2, 0) is 13.0 Å². The summed E-state index contributed by atoms with van der Waals surface area (Å²) in [5, 5.41) is 10.8. The zero-order chi connectivity index (χ0) is 13.8. The van der Waals surface area contributed by atoms with Crippen LogP contribution < -0.4 is 5.32 Å². The van der Waals surface area contributed by atoms with Gasteiger partial charge in [-0.1, -0.05) is 6.92 Å². The molecule has 7 heteroatoms. The van der Waals surface area contributed by atoms with Crippen molar-refractivity contribution in [3.05, 3.63) is 46.9 Å². The second kappa shape index (κ2) is 5.79. The maximum absolute atomic E-state index is 4.51. The second-order valence-corrected chi connectivity index (χ2v) is 5.10. The largest absolute Gasteiger partial charge is 0.377 e. The lowest BCUT2D eigenvalue weighted by molar-refractivity contribution is 0.808. The number of hydrogen-bond donors (Lipinski definition) is 1. The Labute approximate surface area is 120 Å². The molecule has 3 aromatic rings. The summed E-state index contributed by atoms with van der Waals surface area (Å²) in [6, 6.07) is 1.78. The van der Waals surface area contributed by atoms with E-state index >= 15 is 0 Å². The predicted molar refractivity (Wildman–Crippen MR) is 78.0 cm³/mol. The molecule has 0 saturated heterocycles. The van der Waals surface area contributed by atoms with Crippen molar-refractivity contribution in [2.24, 2.45) is 0 Å². The third kappa shape index (κ3) is 2.83. The SMILES string of the molecule is CCc1nc(CNc2cnn(-c3ncccn3)c2)cs1. The third-order valence-electron chi connectivity index (χ3n) is 2.72. The molecule has 0 atom stereocenters. The van der Waals surface area contributed by atoms with Gasteiger partial charge < -0.3 is 5.32 Å². The van der Waals surface area contributed by atoms with Crippen molar-refractivity contribution in [2.75, 3.05) is 5.32 Å². The highest BCUT2D eigenvalue weighted by Crippen LogP contribution is 2.13. The average molecular weight is 286 g/mol. The molecule has 1 N–H and O–H groups in total. The van der Waals surface area contributed by atoms with Crippen LogP contribution >= 0.6 is 11.3 Å². The van der Waals surface area contributed by atoms with Crippen LogP contribution in [-0.4, -0.2) is 24.7 Å². The molecule has 0 amide bonds. The Kier molecular flexibility index (Phi) is 3.69. The first-order chi connectivity index (χ1) is 9.85. The van der Waals surface area contributed by atoms with Crippen molar-refractivity contribution in [1.29, 1.82) is 0 Å². The number of aromatic nitrogens is 5. The summed E-state index contributed by atoms with van der Waals surface area (Å²) in [6.45, 7) is 2.80. The standard InChI is InChI=1S/C13H14N6S/c1-2-12-18-11(9-20-12)6-16-10-7-17-19(8-10)13-14-4-3-5-15-13/h3-5,7-9,16H,2,6H2,1H3. The Morgan fingerprint density at radius 3 is 2.90 bits per heavy atom. The van der Waals surface area contributed by atoms with Gasteiger partial charge >= 0.3 is 0 Å². The summed E-state index contributed by atoms with van der Waals surface area (Å²) in [5.74, 6) is 0.558. The van der Waals surface area contributed by atoms with Gasteiger partial charge in [0.15, 0.2) is 0 Å². The Bertz CT molecular complexity index is 675. The molecule has 102 valence electrons. The van der Waals surface area contributed by atoms with E-state index in [1.54, 1.807) is 40.7 Å². The van der Waals surface area contributed by atoms with E-state index < -0.39 is 0 Å². The highest BCUT2D eigenvalue weighted by molar-refractivity contribution is 7.09. The Morgan fingerprint density at radius 2 is 2.15 bits per heavy atom. The van der Waals surface area contributed by atoms with E-state index in [9.17, 15) is 0 Å². The quantitative estimate of drug-likeness (QED) is 0.779. The molecule has 3 aromatic heterocycles. The van der Waals surface area contributed by atoms with Crippen molar-refractivity contribution >= 4 is 17.0 Å². The van der Waals surface area contributed by atoms with Crippen LogP contribution in [0.5, 0.6) is 0 Å². The van der Waals surface area contributed by atoms with Crippen molar-refractivity contribution in [3.8, 4) is 5.95 Å². The van der Waals surface area contributed by atoms with Gasteiger partial charge in [-0.3, -0.25) is 0 Å². The topological polar surface area (TPSA) is 68.5 Å². The van der Waals surface area contributed by atoms with Crippen LogP contribution in [0.2, 0.25) is 0 Å². The molecule has 0 radical (unpaired) electrons. The fourth-order valence-electron chi connectivity index (χ4n) is 1.72. The fraction of sp³-hybridized carbons (Fsp3) is 0.231. The molecule has 0 unspecified atom stereocenters. The number of thiazole rings is 1. The van der Waals surface area contributed by atoms with Gasteiger partial charge in [-0.05, 0) is 12.5 Å². The molecule has 0 saturated carbocycles. The molecule has 0 bridgehead atoms. The van der Waals surface area contributed by atoms with E-state index in [4.69, 9.17) is 0 Å². The Balaban J connectivity index is 1.65. The van der Waals surface area contributed by atoms with Gasteiger partial charge in [0.2, 0.25) is 5.95 Å². The zero-order valence-corrected chi connectivity index (χ0v) is 11.8. The summed E-state index contributed by atoms with van der Waals surface area (Å²) in [4.78, 5) is 12.8. The zero-order valence-electron chi connectivity index (χ0n) is 11.0. The van der Waals surface area contributed by atoms with E-state index in [0.717, 1.165) is 22.8 Å². The number of nitrogens with zero attached hydrogens (tertiary/aromatic N) is 5. The first-order valence-corrected chi connectivity index (χ1v) is 7.22. The smallest absolute Gasteiger partial charge is 0.250 e. The molecule has 3 rings (SSSR count). The number of hydrogen-bond acceptors (Lipinski definition) is 6. The highest BCUT2D eigenvalue weighted by atomic mass is 32.1. The summed E-state index contributed by atoms with van der Waals surface area (Å²) in [7, 11) is 0. The minimum Gasteiger partial charge on any atom is -0.377 e. The van der Waals surface area contributed by atoms with Crippen molar-refractivity contribution in [1.82, 2.24) is 24.7 Å².